The molecule has 6 nitrogen and oxygen atoms in total. The van der Waals surface area contributed by atoms with Gasteiger partial charge in [0.1, 0.15) is 11.9 Å². The van der Waals surface area contributed by atoms with Crippen LogP contribution in [0.25, 0.3) is 0 Å². The van der Waals surface area contributed by atoms with E-state index in [2.05, 4.69) is 10.6 Å². The molecule has 2 N–H and O–H groups in total. The minimum atomic E-state index is -0.756. The van der Waals surface area contributed by atoms with Crippen molar-refractivity contribution in [3.8, 4) is 5.75 Å². The van der Waals surface area contributed by atoms with Gasteiger partial charge in [-0.2, -0.15) is 0 Å². The Bertz CT molecular complexity index is 521. The fourth-order valence-corrected chi connectivity index (χ4v) is 2.04. The maximum Gasteiger partial charge on any atom is 0.249 e. The third-order valence-corrected chi connectivity index (χ3v) is 3.05. The predicted octanol–water partition coefficient (Wildman–Crippen LogP) is 1.19. The fraction of sp³-hybridized carbons (Fsp3) is 0.385. The van der Waals surface area contributed by atoms with Crippen LogP contribution in [0, 0.1) is 0 Å². The van der Waals surface area contributed by atoms with E-state index in [4.69, 9.17) is 21.1 Å². The van der Waals surface area contributed by atoms with E-state index in [-0.39, 0.29) is 18.2 Å². The molecule has 2 amide bonds. The number of hydrogen-bond donors (Lipinski definition) is 2. The molecular weight excluding hydrogens is 284 g/mol. The van der Waals surface area contributed by atoms with Crippen molar-refractivity contribution >= 4 is 29.1 Å². The number of morpholine rings is 1. The molecule has 1 saturated heterocycles. The first-order valence-electron chi connectivity index (χ1n) is 6.13. The summed E-state index contributed by atoms with van der Waals surface area (Å²) in [6, 6.07) is 4.90. The molecule has 1 aliphatic rings. The summed E-state index contributed by atoms with van der Waals surface area (Å²) in [4.78, 5) is 23.4. The van der Waals surface area contributed by atoms with E-state index >= 15 is 0 Å². The average Bonchev–Trinajstić information content (AvgIpc) is 2.41. The third kappa shape index (κ3) is 3.61. The summed E-state index contributed by atoms with van der Waals surface area (Å²) < 4.78 is 10.4. The molecule has 20 heavy (non-hydrogen) atoms. The van der Waals surface area contributed by atoms with Crippen LogP contribution in [0.5, 0.6) is 5.75 Å². The molecule has 1 aromatic carbocycles. The number of ether oxygens (including phenoxy) is 2. The molecular formula is C13H15ClN2O4. The number of amides is 2. The lowest BCUT2D eigenvalue weighted by molar-refractivity contribution is -0.141. The summed E-state index contributed by atoms with van der Waals surface area (Å²) in [6.45, 7) is 0.878. The molecule has 0 bridgehead atoms. The van der Waals surface area contributed by atoms with Crippen LogP contribution in [0.1, 0.15) is 6.42 Å². The summed E-state index contributed by atoms with van der Waals surface area (Å²) in [5.41, 5.74) is 0.459. The van der Waals surface area contributed by atoms with E-state index in [0.29, 0.717) is 29.6 Å². The predicted molar refractivity (Wildman–Crippen MR) is 74.0 cm³/mol. The molecule has 1 heterocycles. The maximum absolute atomic E-state index is 11.9. The molecule has 1 aromatic rings. The molecule has 1 aliphatic heterocycles. The molecule has 2 rings (SSSR count). The van der Waals surface area contributed by atoms with Gasteiger partial charge in [0.05, 0.1) is 25.8 Å². The highest BCUT2D eigenvalue weighted by Gasteiger charge is 2.25. The first-order chi connectivity index (χ1) is 9.60. The number of anilines is 1. The highest BCUT2D eigenvalue weighted by molar-refractivity contribution is 6.31. The normalized spacial score (nSPS) is 18.3. The molecule has 1 atom stereocenters. The monoisotopic (exact) mass is 298 g/mol. The van der Waals surface area contributed by atoms with E-state index in [1.54, 1.807) is 18.2 Å². The maximum atomic E-state index is 11.9. The number of carbonyl (C=O) groups is 2. The SMILES string of the molecule is COc1ccc(Cl)cc1NC(=O)CC1OCCNC1=O. The van der Waals surface area contributed by atoms with Gasteiger partial charge in [0.15, 0.2) is 0 Å². The number of nitrogens with one attached hydrogen (secondary N) is 2. The fourth-order valence-electron chi connectivity index (χ4n) is 1.86. The van der Waals surface area contributed by atoms with Crippen molar-refractivity contribution < 1.29 is 19.1 Å². The van der Waals surface area contributed by atoms with Crippen LogP contribution in [0.15, 0.2) is 18.2 Å². The van der Waals surface area contributed by atoms with Crippen LogP contribution in [0.4, 0.5) is 5.69 Å². The molecule has 1 unspecified atom stereocenters. The Morgan fingerprint density at radius 1 is 1.60 bits per heavy atom. The van der Waals surface area contributed by atoms with Crippen molar-refractivity contribution in [2.75, 3.05) is 25.6 Å². The van der Waals surface area contributed by atoms with Gasteiger partial charge in [-0.25, -0.2) is 0 Å². The zero-order valence-corrected chi connectivity index (χ0v) is 11.7. The lowest BCUT2D eigenvalue weighted by Gasteiger charge is -2.22. The molecule has 0 saturated carbocycles. The zero-order valence-electron chi connectivity index (χ0n) is 10.9. The van der Waals surface area contributed by atoms with Crippen molar-refractivity contribution in [1.82, 2.24) is 5.32 Å². The van der Waals surface area contributed by atoms with Crippen LogP contribution >= 0.6 is 11.6 Å². The summed E-state index contributed by atoms with van der Waals surface area (Å²) in [5, 5.41) is 5.78. The van der Waals surface area contributed by atoms with E-state index in [1.807, 2.05) is 0 Å². The Morgan fingerprint density at radius 3 is 3.10 bits per heavy atom. The Morgan fingerprint density at radius 2 is 2.40 bits per heavy atom. The number of hydrogen-bond acceptors (Lipinski definition) is 4. The van der Waals surface area contributed by atoms with E-state index in [1.165, 1.54) is 7.11 Å². The average molecular weight is 299 g/mol. The van der Waals surface area contributed by atoms with Gasteiger partial charge >= 0.3 is 0 Å². The van der Waals surface area contributed by atoms with E-state index in [0.717, 1.165) is 0 Å². The molecule has 108 valence electrons. The largest absolute Gasteiger partial charge is 0.495 e. The minimum absolute atomic E-state index is 0.0541. The topological polar surface area (TPSA) is 76.7 Å². The van der Waals surface area contributed by atoms with Crippen molar-refractivity contribution in [2.45, 2.75) is 12.5 Å². The van der Waals surface area contributed by atoms with Gasteiger partial charge in [0, 0.05) is 11.6 Å². The molecule has 0 aliphatic carbocycles. The lowest BCUT2D eigenvalue weighted by Crippen LogP contribution is -2.45. The molecule has 0 aromatic heterocycles. The van der Waals surface area contributed by atoms with Gasteiger partial charge in [-0.15, -0.1) is 0 Å². The van der Waals surface area contributed by atoms with Gasteiger partial charge < -0.3 is 20.1 Å². The van der Waals surface area contributed by atoms with Crippen molar-refractivity contribution in [3.05, 3.63) is 23.2 Å². The zero-order chi connectivity index (χ0) is 14.5. The van der Waals surface area contributed by atoms with E-state index < -0.39 is 6.10 Å². The first kappa shape index (κ1) is 14.6. The number of methoxy groups -OCH3 is 1. The summed E-state index contributed by atoms with van der Waals surface area (Å²) >= 11 is 5.88. The van der Waals surface area contributed by atoms with Gasteiger partial charge in [-0.3, -0.25) is 9.59 Å². The Kier molecular flexibility index (Phi) is 4.81. The van der Waals surface area contributed by atoms with Crippen LogP contribution in [0.3, 0.4) is 0 Å². The third-order valence-electron chi connectivity index (χ3n) is 2.82. The van der Waals surface area contributed by atoms with Gasteiger partial charge in [-0.05, 0) is 18.2 Å². The number of carbonyl (C=O) groups excluding carboxylic acids is 2. The number of benzene rings is 1. The van der Waals surface area contributed by atoms with Gasteiger partial charge in [0.25, 0.3) is 0 Å². The highest BCUT2D eigenvalue weighted by Crippen LogP contribution is 2.27. The van der Waals surface area contributed by atoms with Gasteiger partial charge in [-0.1, -0.05) is 11.6 Å². The second kappa shape index (κ2) is 6.58. The Balaban J connectivity index is 2.00. The highest BCUT2D eigenvalue weighted by atomic mass is 35.5. The molecule has 7 heteroatoms. The minimum Gasteiger partial charge on any atom is -0.495 e. The smallest absolute Gasteiger partial charge is 0.249 e. The van der Waals surface area contributed by atoms with E-state index in [9.17, 15) is 9.59 Å². The standard InChI is InChI=1S/C13H15ClN2O4/c1-19-10-3-2-8(14)6-9(10)16-12(17)7-11-13(18)15-4-5-20-11/h2-3,6,11H,4-5,7H2,1H3,(H,15,18)(H,16,17). The molecule has 1 fully saturated rings. The molecule has 0 spiro atoms. The number of rotatable bonds is 4. The lowest BCUT2D eigenvalue weighted by atomic mass is 10.2. The van der Waals surface area contributed by atoms with Crippen molar-refractivity contribution in [2.24, 2.45) is 0 Å². The Labute approximate surface area is 121 Å². The Hall–Kier alpha value is -1.79. The first-order valence-corrected chi connectivity index (χ1v) is 6.50. The van der Waals surface area contributed by atoms with Crippen LogP contribution in [-0.2, 0) is 14.3 Å². The molecule has 0 radical (unpaired) electrons. The van der Waals surface area contributed by atoms with Gasteiger partial charge in [0.2, 0.25) is 11.8 Å². The van der Waals surface area contributed by atoms with Crippen LogP contribution < -0.4 is 15.4 Å². The van der Waals surface area contributed by atoms with Crippen molar-refractivity contribution in [1.29, 1.82) is 0 Å². The van der Waals surface area contributed by atoms with Crippen LogP contribution in [0.2, 0.25) is 5.02 Å². The van der Waals surface area contributed by atoms with Crippen LogP contribution in [-0.4, -0.2) is 38.2 Å². The second-order valence-corrected chi connectivity index (χ2v) is 4.68. The summed E-state index contributed by atoms with van der Waals surface area (Å²) in [6.07, 6.45) is -0.810. The second-order valence-electron chi connectivity index (χ2n) is 4.25. The summed E-state index contributed by atoms with van der Waals surface area (Å²) in [7, 11) is 1.50. The van der Waals surface area contributed by atoms with Crippen molar-refractivity contribution in [3.63, 3.8) is 0 Å². The summed E-state index contributed by atoms with van der Waals surface area (Å²) in [5.74, 6) is -0.117. The quantitative estimate of drug-likeness (QED) is 0.875. The number of halogens is 1.